The molecule has 2 aromatic rings. The minimum Gasteiger partial charge on any atom is -0.493 e. The molecular formula is C26H35N3O3. The van der Waals surface area contributed by atoms with Crippen LogP contribution >= 0.6 is 0 Å². The van der Waals surface area contributed by atoms with Gasteiger partial charge in [-0.25, -0.2) is 0 Å². The van der Waals surface area contributed by atoms with Gasteiger partial charge in [0.25, 0.3) is 0 Å². The molecular weight excluding hydrogens is 402 g/mol. The molecule has 3 heterocycles. The van der Waals surface area contributed by atoms with Gasteiger partial charge < -0.3 is 24.4 Å². The molecule has 0 amide bonds. The number of nitrogens with zero attached hydrogens (tertiary/aromatic N) is 2. The Morgan fingerprint density at radius 1 is 1.16 bits per heavy atom. The van der Waals surface area contributed by atoms with Gasteiger partial charge in [-0.2, -0.15) is 0 Å². The van der Waals surface area contributed by atoms with Gasteiger partial charge in [0, 0.05) is 42.3 Å². The Bertz CT molecular complexity index is 994. The maximum atomic E-state index is 6.38. The van der Waals surface area contributed by atoms with Crippen LogP contribution in [-0.2, 0) is 17.6 Å². The summed E-state index contributed by atoms with van der Waals surface area (Å²) < 4.78 is 18.2. The number of likely N-dealkylation sites (tertiary alicyclic amines) is 1. The fourth-order valence-corrected chi connectivity index (χ4v) is 5.55. The third-order valence-corrected chi connectivity index (χ3v) is 7.73. The highest BCUT2D eigenvalue weighted by Crippen LogP contribution is 2.41. The van der Waals surface area contributed by atoms with Gasteiger partial charge in [0.05, 0.1) is 19.2 Å². The minimum atomic E-state index is -0.188. The average molecular weight is 438 g/mol. The molecule has 6 rings (SSSR count). The minimum absolute atomic E-state index is 0.188. The first-order valence-electron chi connectivity index (χ1n) is 12.5. The van der Waals surface area contributed by atoms with Crippen LogP contribution in [0.2, 0.25) is 0 Å². The zero-order valence-electron chi connectivity index (χ0n) is 19.3. The lowest BCUT2D eigenvalue weighted by molar-refractivity contribution is -0.174. The molecule has 6 nitrogen and oxygen atoms in total. The molecule has 0 radical (unpaired) electrons. The van der Waals surface area contributed by atoms with Crippen molar-refractivity contribution >= 4 is 16.6 Å². The van der Waals surface area contributed by atoms with Crippen LogP contribution < -0.4 is 14.8 Å². The third-order valence-electron chi connectivity index (χ3n) is 7.73. The van der Waals surface area contributed by atoms with Gasteiger partial charge >= 0.3 is 0 Å². The van der Waals surface area contributed by atoms with Crippen molar-refractivity contribution in [3.63, 3.8) is 0 Å². The summed E-state index contributed by atoms with van der Waals surface area (Å²) in [5, 5.41) is 4.93. The van der Waals surface area contributed by atoms with Crippen LogP contribution in [0, 0.1) is 5.92 Å². The molecule has 1 aromatic carbocycles. The molecule has 0 bridgehead atoms. The van der Waals surface area contributed by atoms with Gasteiger partial charge in [0.2, 0.25) is 0 Å². The van der Waals surface area contributed by atoms with E-state index in [-0.39, 0.29) is 5.60 Å². The Labute approximate surface area is 190 Å². The molecule has 1 N–H and O–H groups in total. The molecule has 2 saturated heterocycles. The summed E-state index contributed by atoms with van der Waals surface area (Å²) in [4.78, 5) is 7.56. The quantitative estimate of drug-likeness (QED) is 0.635. The van der Waals surface area contributed by atoms with Gasteiger partial charge in [-0.1, -0.05) is 0 Å². The van der Waals surface area contributed by atoms with Crippen molar-refractivity contribution in [2.75, 3.05) is 51.8 Å². The first-order valence-corrected chi connectivity index (χ1v) is 12.5. The lowest BCUT2D eigenvalue weighted by atomic mass is 9.95. The predicted octanol–water partition coefficient (Wildman–Crippen LogP) is 4.19. The number of hydrogen-bond acceptors (Lipinski definition) is 6. The Morgan fingerprint density at radius 3 is 2.72 bits per heavy atom. The summed E-state index contributed by atoms with van der Waals surface area (Å²) in [7, 11) is 1.73. The van der Waals surface area contributed by atoms with E-state index in [1.807, 2.05) is 0 Å². The number of pyridine rings is 1. The van der Waals surface area contributed by atoms with Crippen molar-refractivity contribution in [2.24, 2.45) is 5.92 Å². The second kappa shape index (κ2) is 8.38. The molecule has 6 heteroatoms. The number of aryl methyl sites for hydroxylation is 1. The first kappa shape index (κ1) is 20.5. The van der Waals surface area contributed by atoms with Gasteiger partial charge in [-0.3, -0.25) is 4.98 Å². The van der Waals surface area contributed by atoms with Crippen LogP contribution in [0.1, 0.15) is 49.8 Å². The molecule has 1 unspecified atom stereocenters. The molecule has 1 saturated carbocycles. The van der Waals surface area contributed by atoms with Crippen molar-refractivity contribution < 1.29 is 14.2 Å². The van der Waals surface area contributed by atoms with Crippen molar-refractivity contribution in [3.8, 4) is 11.5 Å². The number of ether oxygens (including phenoxy) is 3. The molecule has 32 heavy (non-hydrogen) atoms. The summed E-state index contributed by atoms with van der Waals surface area (Å²) in [5.41, 5.74) is 4.74. The Balaban J connectivity index is 1.28. The van der Waals surface area contributed by atoms with Gasteiger partial charge in [0.1, 0.15) is 12.2 Å². The topological polar surface area (TPSA) is 55.8 Å². The molecule has 1 aromatic heterocycles. The van der Waals surface area contributed by atoms with Crippen LogP contribution in [0.5, 0.6) is 11.5 Å². The van der Waals surface area contributed by atoms with Gasteiger partial charge in [-0.05, 0) is 75.6 Å². The Hall–Kier alpha value is -2.05. The van der Waals surface area contributed by atoms with Crippen molar-refractivity contribution in [3.05, 3.63) is 23.4 Å². The van der Waals surface area contributed by atoms with Crippen LogP contribution in [-0.4, -0.2) is 62.0 Å². The predicted molar refractivity (Wildman–Crippen MR) is 126 cm³/mol. The number of fused-ring (bicyclic) bond motifs is 2. The van der Waals surface area contributed by atoms with E-state index in [0.29, 0.717) is 6.61 Å². The maximum Gasteiger partial charge on any atom is 0.163 e. The maximum absolute atomic E-state index is 6.38. The van der Waals surface area contributed by atoms with E-state index in [1.165, 1.54) is 62.1 Å². The van der Waals surface area contributed by atoms with Gasteiger partial charge in [-0.15, -0.1) is 0 Å². The number of methoxy groups -OCH3 is 1. The Kier molecular flexibility index (Phi) is 5.38. The van der Waals surface area contributed by atoms with E-state index < -0.39 is 0 Å². The van der Waals surface area contributed by atoms with Crippen LogP contribution in [0.4, 0.5) is 5.69 Å². The molecule has 2 aliphatic carbocycles. The van der Waals surface area contributed by atoms with Crippen molar-refractivity contribution in [2.45, 2.75) is 57.0 Å². The molecule has 172 valence electrons. The highest BCUT2D eigenvalue weighted by molar-refractivity contribution is 5.96. The zero-order chi connectivity index (χ0) is 21.5. The number of hydrogen-bond donors (Lipinski definition) is 1. The summed E-state index contributed by atoms with van der Waals surface area (Å²) in [6.07, 6.45) is 9.71. The highest BCUT2D eigenvalue weighted by Gasteiger charge is 2.41. The number of aromatic nitrogens is 1. The van der Waals surface area contributed by atoms with E-state index in [2.05, 4.69) is 22.3 Å². The van der Waals surface area contributed by atoms with E-state index >= 15 is 0 Å². The monoisotopic (exact) mass is 437 g/mol. The largest absolute Gasteiger partial charge is 0.493 e. The third kappa shape index (κ3) is 3.92. The van der Waals surface area contributed by atoms with E-state index in [1.54, 1.807) is 7.11 Å². The van der Waals surface area contributed by atoms with Crippen molar-refractivity contribution in [1.82, 2.24) is 9.88 Å². The zero-order valence-corrected chi connectivity index (χ0v) is 19.3. The van der Waals surface area contributed by atoms with Crippen molar-refractivity contribution in [1.29, 1.82) is 0 Å². The lowest BCUT2D eigenvalue weighted by Crippen LogP contribution is -2.55. The molecule has 4 aliphatic rings. The fraction of sp³-hybridized carbons (Fsp3) is 0.654. The number of rotatable bonds is 9. The summed E-state index contributed by atoms with van der Waals surface area (Å²) >= 11 is 0. The highest BCUT2D eigenvalue weighted by atomic mass is 16.6. The Morgan fingerprint density at radius 2 is 2.00 bits per heavy atom. The molecule has 2 aliphatic heterocycles. The van der Waals surface area contributed by atoms with E-state index in [4.69, 9.17) is 19.2 Å². The van der Waals surface area contributed by atoms with Crippen LogP contribution in [0.3, 0.4) is 0 Å². The second-order valence-corrected chi connectivity index (χ2v) is 10.2. The summed E-state index contributed by atoms with van der Waals surface area (Å²) in [5.74, 6) is 2.38. The molecule has 0 spiro atoms. The normalized spacial score (nSPS) is 25.0. The summed E-state index contributed by atoms with van der Waals surface area (Å²) in [6.45, 7) is 5.76. The van der Waals surface area contributed by atoms with E-state index in [9.17, 15) is 0 Å². The molecule has 1 atom stereocenters. The number of nitrogens with one attached hydrogen (secondary N) is 1. The lowest BCUT2D eigenvalue weighted by Gasteiger charge is -2.43. The second-order valence-electron chi connectivity index (χ2n) is 10.2. The SMILES string of the molecule is COc1cc2c(NCC3CC3)c3c(nc2cc1OCC1(CN2CCCC2)CCO1)CCC3. The average Bonchev–Trinajstić information content (AvgIpc) is 3.25. The summed E-state index contributed by atoms with van der Waals surface area (Å²) in [6, 6.07) is 4.21. The number of benzene rings is 1. The standard InChI is InChI=1S/C26H35N3O3/c1-30-23-13-20-22(28-21-6-4-5-19(21)25(20)27-15-18-7-8-18)14-24(23)31-17-26(9-12-32-26)16-29-10-2-3-11-29/h13-14,18H,2-12,15-17H2,1H3,(H,27,28). The van der Waals surface area contributed by atoms with E-state index in [0.717, 1.165) is 67.3 Å². The first-order chi connectivity index (χ1) is 15.7. The van der Waals surface area contributed by atoms with Crippen LogP contribution in [0.15, 0.2) is 12.1 Å². The van der Waals surface area contributed by atoms with Gasteiger partial charge in [0.15, 0.2) is 11.5 Å². The molecule has 3 fully saturated rings. The fourth-order valence-electron chi connectivity index (χ4n) is 5.55. The number of anilines is 1. The smallest absolute Gasteiger partial charge is 0.163 e. The van der Waals surface area contributed by atoms with Crippen LogP contribution in [0.25, 0.3) is 10.9 Å².